The van der Waals surface area contributed by atoms with E-state index in [9.17, 15) is 9.59 Å². The van der Waals surface area contributed by atoms with E-state index in [0.717, 1.165) is 9.86 Å². The van der Waals surface area contributed by atoms with E-state index in [1.807, 2.05) is 20.8 Å². The van der Waals surface area contributed by atoms with Crippen molar-refractivity contribution in [2.24, 2.45) is 0 Å². The molecule has 6 heteroatoms. The number of carbonyl (C=O) groups is 2. The second-order valence-corrected chi connectivity index (χ2v) is 6.45. The Bertz CT molecular complexity index is 712. The number of benzene rings is 1. The Morgan fingerprint density at radius 3 is 2.48 bits per heavy atom. The molecular formula is C15H16BrNO4. The third-order valence-electron chi connectivity index (χ3n) is 2.58. The number of ether oxygens (including phenoxy) is 2. The Labute approximate surface area is 131 Å². The molecule has 0 atom stereocenters. The molecule has 0 N–H and O–H groups in total. The fourth-order valence-electron chi connectivity index (χ4n) is 1.86. The fourth-order valence-corrected chi connectivity index (χ4v) is 2.38. The van der Waals surface area contributed by atoms with Crippen molar-refractivity contribution < 1.29 is 19.1 Å². The number of halogens is 1. The van der Waals surface area contributed by atoms with Crippen LogP contribution in [0.15, 0.2) is 28.9 Å². The average molecular weight is 354 g/mol. The lowest BCUT2D eigenvalue weighted by molar-refractivity contribution is -0.131. The second kappa shape index (κ2) is 5.52. The summed E-state index contributed by atoms with van der Waals surface area (Å²) in [6, 6.07) is 5.04. The van der Waals surface area contributed by atoms with Gasteiger partial charge in [-0.2, -0.15) is 0 Å². The van der Waals surface area contributed by atoms with E-state index < -0.39 is 17.7 Å². The molecule has 0 radical (unpaired) electrons. The van der Waals surface area contributed by atoms with Gasteiger partial charge in [0.1, 0.15) is 11.4 Å². The molecule has 1 aromatic heterocycles. The number of fused-ring (bicyclic) bond motifs is 1. The maximum Gasteiger partial charge on any atom is 0.419 e. The number of carbonyl (C=O) groups excluding carboxylic acids is 2. The van der Waals surface area contributed by atoms with Crippen molar-refractivity contribution in [2.75, 3.05) is 0 Å². The van der Waals surface area contributed by atoms with E-state index >= 15 is 0 Å². The smallest absolute Gasteiger partial charge is 0.419 e. The molecule has 0 amide bonds. The van der Waals surface area contributed by atoms with Gasteiger partial charge in [0, 0.05) is 23.0 Å². The van der Waals surface area contributed by atoms with E-state index in [1.54, 1.807) is 24.4 Å². The van der Waals surface area contributed by atoms with E-state index in [2.05, 4.69) is 15.9 Å². The summed E-state index contributed by atoms with van der Waals surface area (Å²) in [5.74, 6) is 0.0367. The van der Waals surface area contributed by atoms with Crippen LogP contribution in [0.5, 0.6) is 5.75 Å². The van der Waals surface area contributed by atoms with Gasteiger partial charge in [0.05, 0.1) is 5.52 Å². The third kappa shape index (κ3) is 3.64. The van der Waals surface area contributed by atoms with Gasteiger partial charge in [-0.15, -0.1) is 0 Å². The van der Waals surface area contributed by atoms with E-state index in [0.29, 0.717) is 11.3 Å². The first-order chi connectivity index (χ1) is 9.67. The summed E-state index contributed by atoms with van der Waals surface area (Å²) in [5, 5.41) is 0.764. The number of aromatic nitrogens is 1. The van der Waals surface area contributed by atoms with Gasteiger partial charge in [-0.1, -0.05) is 0 Å². The number of hydrogen-bond acceptors (Lipinski definition) is 4. The molecule has 1 aromatic carbocycles. The van der Waals surface area contributed by atoms with Gasteiger partial charge < -0.3 is 9.47 Å². The van der Waals surface area contributed by atoms with Crippen LogP contribution in [0.4, 0.5) is 4.79 Å². The predicted molar refractivity (Wildman–Crippen MR) is 82.6 cm³/mol. The molecule has 21 heavy (non-hydrogen) atoms. The van der Waals surface area contributed by atoms with Crippen LogP contribution in [0.1, 0.15) is 27.7 Å². The van der Waals surface area contributed by atoms with Crippen LogP contribution in [0, 0.1) is 0 Å². The van der Waals surface area contributed by atoms with Crippen molar-refractivity contribution in [3.63, 3.8) is 0 Å². The minimum absolute atomic E-state index is 0.392. The molecule has 0 aliphatic carbocycles. The molecule has 0 aliphatic rings. The van der Waals surface area contributed by atoms with Crippen molar-refractivity contribution in [2.45, 2.75) is 33.3 Å². The molecule has 0 aliphatic heterocycles. The molecule has 0 saturated heterocycles. The topological polar surface area (TPSA) is 57.5 Å². The molecule has 2 aromatic rings. The Hall–Kier alpha value is -1.82. The van der Waals surface area contributed by atoms with Crippen molar-refractivity contribution >= 4 is 38.9 Å². The molecule has 1 heterocycles. The maximum atomic E-state index is 12.2. The van der Waals surface area contributed by atoms with Crippen LogP contribution in [0.25, 0.3) is 10.9 Å². The first-order valence-electron chi connectivity index (χ1n) is 6.40. The molecule has 0 spiro atoms. The summed E-state index contributed by atoms with van der Waals surface area (Å²) in [7, 11) is 0. The summed E-state index contributed by atoms with van der Waals surface area (Å²) < 4.78 is 12.5. The number of hydrogen-bond donors (Lipinski definition) is 0. The van der Waals surface area contributed by atoms with Gasteiger partial charge in [-0.3, -0.25) is 9.36 Å². The number of esters is 1. The van der Waals surface area contributed by atoms with Gasteiger partial charge in [0.15, 0.2) is 0 Å². The lowest BCUT2D eigenvalue weighted by atomic mass is 10.2. The monoisotopic (exact) mass is 353 g/mol. The molecule has 112 valence electrons. The lowest BCUT2D eigenvalue weighted by Crippen LogP contribution is -2.26. The summed E-state index contributed by atoms with van der Waals surface area (Å²) in [6.45, 7) is 6.77. The average Bonchev–Trinajstić information content (AvgIpc) is 2.64. The highest BCUT2D eigenvalue weighted by molar-refractivity contribution is 9.10. The van der Waals surface area contributed by atoms with Crippen LogP contribution < -0.4 is 4.74 Å². The number of nitrogens with zero attached hydrogens (tertiary/aromatic N) is 1. The SMILES string of the molecule is CC(=O)Oc1ccc2c(c1)c(Br)cn2C(=O)OC(C)(C)C. The molecule has 2 rings (SSSR count). The zero-order chi connectivity index (χ0) is 15.8. The third-order valence-corrected chi connectivity index (χ3v) is 3.21. The Balaban J connectivity index is 2.43. The zero-order valence-corrected chi connectivity index (χ0v) is 13.9. The summed E-state index contributed by atoms with van der Waals surface area (Å²) >= 11 is 3.40. The summed E-state index contributed by atoms with van der Waals surface area (Å²) in [4.78, 5) is 23.2. The van der Waals surface area contributed by atoms with Gasteiger partial charge >= 0.3 is 12.1 Å². The maximum absolute atomic E-state index is 12.2. The highest BCUT2D eigenvalue weighted by atomic mass is 79.9. The van der Waals surface area contributed by atoms with E-state index in [-0.39, 0.29) is 0 Å². The molecule has 0 bridgehead atoms. The second-order valence-electron chi connectivity index (χ2n) is 5.60. The van der Waals surface area contributed by atoms with Gasteiger partial charge in [0.2, 0.25) is 0 Å². The Morgan fingerprint density at radius 2 is 1.90 bits per heavy atom. The summed E-state index contributed by atoms with van der Waals surface area (Å²) in [5.41, 5.74) is 0.102. The first-order valence-corrected chi connectivity index (χ1v) is 7.19. The Kier molecular flexibility index (Phi) is 4.09. The summed E-state index contributed by atoms with van der Waals surface area (Å²) in [6.07, 6.45) is 1.18. The first kappa shape index (κ1) is 15.6. The van der Waals surface area contributed by atoms with Gasteiger partial charge in [0.25, 0.3) is 0 Å². The van der Waals surface area contributed by atoms with Crippen molar-refractivity contribution in [3.05, 3.63) is 28.9 Å². The zero-order valence-electron chi connectivity index (χ0n) is 12.3. The van der Waals surface area contributed by atoms with Crippen molar-refractivity contribution in [1.82, 2.24) is 4.57 Å². The standard InChI is InChI=1S/C15H16BrNO4/c1-9(18)20-10-5-6-13-11(7-10)12(16)8-17(13)14(19)21-15(2,3)4/h5-8H,1-4H3. The normalized spacial score (nSPS) is 11.5. The fraction of sp³-hybridized carbons (Fsp3) is 0.333. The number of rotatable bonds is 1. The van der Waals surface area contributed by atoms with E-state index in [1.165, 1.54) is 11.5 Å². The van der Waals surface area contributed by atoms with E-state index in [4.69, 9.17) is 9.47 Å². The Morgan fingerprint density at radius 1 is 1.24 bits per heavy atom. The van der Waals surface area contributed by atoms with Crippen LogP contribution in [0.3, 0.4) is 0 Å². The lowest BCUT2D eigenvalue weighted by Gasteiger charge is -2.19. The predicted octanol–water partition coefficient (Wildman–Crippen LogP) is 4.11. The van der Waals surface area contributed by atoms with Crippen LogP contribution in [-0.2, 0) is 9.53 Å². The molecule has 0 fully saturated rings. The van der Waals surface area contributed by atoms with Crippen LogP contribution in [0.2, 0.25) is 0 Å². The van der Waals surface area contributed by atoms with Crippen molar-refractivity contribution in [3.8, 4) is 5.75 Å². The minimum atomic E-state index is -0.572. The van der Waals surface area contributed by atoms with Crippen molar-refractivity contribution in [1.29, 1.82) is 0 Å². The molecule has 5 nitrogen and oxygen atoms in total. The highest BCUT2D eigenvalue weighted by Gasteiger charge is 2.20. The van der Waals surface area contributed by atoms with Crippen LogP contribution >= 0.6 is 15.9 Å². The molecular weight excluding hydrogens is 338 g/mol. The molecule has 0 unspecified atom stereocenters. The minimum Gasteiger partial charge on any atom is -0.443 e. The largest absolute Gasteiger partial charge is 0.443 e. The van der Waals surface area contributed by atoms with Gasteiger partial charge in [-0.05, 0) is 54.9 Å². The van der Waals surface area contributed by atoms with Crippen LogP contribution in [-0.4, -0.2) is 22.2 Å². The molecule has 0 saturated carbocycles. The highest BCUT2D eigenvalue weighted by Crippen LogP contribution is 2.30. The van der Waals surface area contributed by atoms with Gasteiger partial charge in [-0.25, -0.2) is 4.79 Å². The quantitative estimate of drug-likeness (QED) is 0.571.